The van der Waals surface area contributed by atoms with Gasteiger partial charge in [0.25, 0.3) is 0 Å². The van der Waals surface area contributed by atoms with Crippen LogP contribution in [0.1, 0.15) is 10.4 Å². The van der Waals surface area contributed by atoms with Gasteiger partial charge in [0, 0.05) is 16.3 Å². The maximum absolute atomic E-state index is 13.4. The Morgan fingerprint density at radius 2 is 2.29 bits per heavy atom. The molecule has 0 spiro atoms. The normalized spacial score (nSPS) is 10.4. The summed E-state index contributed by atoms with van der Waals surface area (Å²) >= 11 is 1.27. The van der Waals surface area contributed by atoms with E-state index in [1.807, 2.05) is 0 Å². The molecule has 2 nitrogen and oxygen atoms in total. The third-order valence-corrected chi connectivity index (χ3v) is 2.95. The number of aldehydes is 1. The van der Waals surface area contributed by atoms with Gasteiger partial charge in [-0.05, 0) is 12.1 Å². The van der Waals surface area contributed by atoms with E-state index in [1.54, 1.807) is 11.4 Å². The SMILES string of the molecule is COc1csc2c(F)cc(C=O)cc12. The highest BCUT2D eigenvalue weighted by Gasteiger charge is 2.09. The Morgan fingerprint density at radius 3 is 2.93 bits per heavy atom. The molecule has 0 fully saturated rings. The molecule has 0 aliphatic carbocycles. The fourth-order valence-corrected chi connectivity index (χ4v) is 2.23. The van der Waals surface area contributed by atoms with Gasteiger partial charge in [-0.1, -0.05) is 0 Å². The molecule has 2 aromatic rings. The van der Waals surface area contributed by atoms with E-state index < -0.39 is 0 Å². The van der Waals surface area contributed by atoms with Gasteiger partial charge in [-0.15, -0.1) is 11.3 Å². The second-order valence-electron chi connectivity index (χ2n) is 2.80. The van der Waals surface area contributed by atoms with Crippen LogP contribution in [0.25, 0.3) is 10.1 Å². The highest BCUT2D eigenvalue weighted by molar-refractivity contribution is 7.17. The van der Waals surface area contributed by atoms with E-state index >= 15 is 0 Å². The summed E-state index contributed by atoms with van der Waals surface area (Å²) in [4.78, 5) is 10.5. The lowest BCUT2D eigenvalue weighted by Gasteiger charge is -1.98. The predicted molar refractivity (Wildman–Crippen MR) is 53.7 cm³/mol. The van der Waals surface area contributed by atoms with Crippen LogP contribution in [0.3, 0.4) is 0 Å². The number of halogens is 1. The number of methoxy groups -OCH3 is 1. The molecule has 0 bridgehead atoms. The maximum Gasteiger partial charge on any atom is 0.150 e. The highest BCUT2D eigenvalue weighted by atomic mass is 32.1. The van der Waals surface area contributed by atoms with Gasteiger partial charge in [-0.3, -0.25) is 4.79 Å². The van der Waals surface area contributed by atoms with Gasteiger partial charge in [0.15, 0.2) is 0 Å². The molecule has 0 saturated carbocycles. The molecule has 0 aliphatic rings. The second-order valence-corrected chi connectivity index (χ2v) is 3.68. The smallest absolute Gasteiger partial charge is 0.150 e. The quantitative estimate of drug-likeness (QED) is 0.712. The molecule has 1 heterocycles. The molecule has 14 heavy (non-hydrogen) atoms. The van der Waals surface area contributed by atoms with Gasteiger partial charge in [-0.25, -0.2) is 4.39 Å². The number of hydrogen-bond donors (Lipinski definition) is 0. The number of carbonyl (C=O) groups excluding carboxylic acids is 1. The Bertz CT molecular complexity index is 490. The zero-order valence-corrected chi connectivity index (χ0v) is 8.23. The number of fused-ring (bicyclic) bond motifs is 1. The first-order valence-electron chi connectivity index (χ1n) is 3.96. The van der Waals surface area contributed by atoms with Crippen LogP contribution in [-0.4, -0.2) is 13.4 Å². The maximum atomic E-state index is 13.4. The van der Waals surface area contributed by atoms with Gasteiger partial charge in [-0.2, -0.15) is 0 Å². The largest absolute Gasteiger partial charge is 0.495 e. The molecule has 0 N–H and O–H groups in total. The van der Waals surface area contributed by atoms with Crippen LogP contribution in [0.4, 0.5) is 4.39 Å². The Labute approximate surface area is 83.9 Å². The van der Waals surface area contributed by atoms with Crippen molar-refractivity contribution in [2.45, 2.75) is 0 Å². The van der Waals surface area contributed by atoms with Crippen molar-refractivity contribution in [3.05, 3.63) is 28.9 Å². The third kappa shape index (κ3) is 1.28. The minimum absolute atomic E-state index is 0.326. The number of benzene rings is 1. The standard InChI is InChI=1S/C10H7FO2S/c1-13-9-5-14-10-7(9)2-6(4-12)3-8(10)11/h2-5H,1H3. The Balaban J connectivity index is 2.79. The molecule has 4 heteroatoms. The molecular formula is C10H7FO2S. The van der Waals surface area contributed by atoms with Gasteiger partial charge in [0.1, 0.15) is 17.9 Å². The van der Waals surface area contributed by atoms with Crippen LogP contribution in [0, 0.1) is 5.82 Å². The minimum atomic E-state index is -0.377. The lowest BCUT2D eigenvalue weighted by atomic mass is 10.2. The molecule has 0 atom stereocenters. The predicted octanol–water partition coefficient (Wildman–Crippen LogP) is 2.86. The van der Waals surface area contributed by atoms with E-state index in [0.717, 1.165) is 0 Å². The average molecular weight is 210 g/mol. The van der Waals surface area contributed by atoms with Crippen molar-refractivity contribution in [2.75, 3.05) is 7.11 Å². The van der Waals surface area contributed by atoms with E-state index in [9.17, 15) is 9.18 Å². The van der Waals surface area contributed by atoms with E-state index in [1.165, 1.54) is 24.5 Å². The number of rotatable bonds is 2. The summed E-state index contributed by atoms with van der Waals surface area (Å²) in [6.45, 7) is 0. The van der Waals surface area contributed by atoms with E-state index in [4.69, 9.17) is 4.74 Å². The van der Waals surface area contributed by atoms with Crippen LogP contribution >= 0.6 is 11.3 Å². The van der Waals surface area contributed by atoms with Crippen LogP contribution in [0.15, 0.2) is 17.5 Å². The summed E-state index contributed by atoms with van der Waals surface area (Å²) < 4.78 is 18.9. The lowest BCUT2D eigenvalue weighted by Crippen LogP contribution is -1.85. The summed E-state index contributed by atoms with van der Waals surface area (Å²) in [6.07, 6.45) is 0.625. The summed E-state index contributed by atoms with van der Waals surface area (Å²) in [7, 11) is 1.52. The zero-order chi connectivity index (χ0) is 10.1. The van der Waals surface area contributed by atoms with Crippen molar-refractivity contribution >= 4 is 27.7 Å². The van der Waals surface area contributed by atoms with Crippen LogP contribution < -0.4 is 4.74 Å². The molecule has 1 aromatic heterocycles. The molecule has 0 unspecified atom stereocenters. The molecule has 72 valence electrons. The molecule has 0 radical (unpaired) electrons. The Kier molecular flexibility index (Phi) is 2.21. The van der Waals surface area contributed by atoms with E-state index in [-0.39, 0.29) is 5.82 Å². The number of ether oxygens (including phenoxy) is 1. The molecule has 1 aromatic carbocycles. The van der Waals surface area contributed by atoms with Crippen LogP contribution in [-0.2, 0) is 0 Å². The molecular weight excluding hydrogens is 203 g/mol. The number of hydrogen-bond acceptors (Lipinski definition) is 3. The van der Waals surface area contributed by atoms with Crippen molar-refractivity contribution in [1.82, 2.24) is 0 Å². The first-order valence-corrected chi connectivity index (χ1v) is 4.84. The topological polar surface area (TPSA) is 26.3 Å². The molecule has 0 aliphatic heterocycles. The molecule has 2 rings (SSSR count). The third-order valence-electron chi connectivity index (χ3n) is 1.97. The molecule has 0 amide bonds. The van der Waals surface area contributed by atoms with Crippen LogP contribution in [0.2, 0.25) is 0 Å². The first kappa shape index (κ1) is 9.15. The lowest BCUT2D eigenvalue weighted by molar-refractivity contribution is 0.112. The summed E-state index contributed by atoms with van der Waals surface area (Å²) in [5.41, 5.74) is 0.326. The number of thiophene rings is 1. The van der Waals surface area contributed by atoms with Gasteiger partial charge < -0.3 is 4.74 Å². The van der Waals surface area contributed by atoms with Crippen molar-refractivity contribution < 1.29 is 13.9 Å². The highest BCUT2D eigenvalue weighted by Crippen LogP contribution is 2.34. The summed E-state index contributed by atoms with van der Waals surface area (Å²) in [5.74, 6) is 0.227. The van der Waals surface area contributed by atoms with E-state index in [0.29, 0.717) is 27.7 Å². The fraction of sp³-hybridized carbons (Fsp3) is 0.100. The van der Waals surface area contributed by atoms with Crippen LogP contribution in [0.5, 0.6) is 5.75 Å². The Morgan fingerprint density at radius 1 is 1.50 bits per heavy atom. The van der Waals surface area contributed by atoms with Crippen molar-refractivity contribution in [1.29, 1.82) is 0 Å². The summed E-state index contributed by atoms with van der Waals surface area (Å²) in [6, 6.07) is 2.85. The van der Waals surface area contributed by atoms with Crippen molar-refractivity contribution in [2.24, 2.45) is 0 Å². The number of carbonyl (C=O) groups is 1. The summed E-state index contributed by atoms with van der Waals surface area (Å²) in [5, 5.41) is 2.38. The zero-order valence-electron chi connectivity index (χ0n) is 7.41. The molecule has 0 saturated heterocycles. The van der Waals surface area contributed by atoms with Crippen molar-refractivity contribution in [3.63, 3.8) is 0 Å². The minimum Gasteiger partial charge on any atom is -0.495 e. The Hall–Kier alpha value is -1.42. The van der Waals surface area contributed by atoms with Gasteiger partial charge in [0.05, 0.1) is 11.8 Å². The monoisotopic (exact) mass is 210 g/mol. The van der Waals surface area contributed by atoms with Gasteiger partial charge in [0.2, 0.25) is 0 Å². The van der Waals surface area contributed by atoms with Crippen molar-refractivity contribution in [3.8, 4) is 5.75 Å². The average Bonchev–Trinajstić information content (AvgIpc) is 2.61. The van der Waals surface area contributed by atoms with Gasteiger partial charge >= 0.3 is 0 Å². The fourth-order valence-electron chi connectivity index (χ4n) is 1.32. The second kappa shape index (κ2) is 3.38. The van der Waals surface area contributed by atoms with E-state index in [2.05, 4.69) is 0 Å². The first-order chi connectivity index (χ1) is 6.76.